The first-order valence-corrected chi connectivity index (χ1v) is 9.25. The fourth-order valence-corrected chi connectivity index (χ4v) is 3.89. The minimum absolute atomic E-state index is 0.103. The number of rotatable bonds is 5. The Morgan fingerprint density at radius 1 is 1.52 bits per heavy atom. The lowest BCUT2D eigenvalue weighted by Crippen LogP contribution is -2.12. The molecule has 1 amide bonds. The maximum absolute atomic E-state index is 12.7. The number of aryl methyl sites for hydroxylation is 1. The number of thiazole rings is 1. The molecule has 0 saturated carbocycles. The van der Waals surface area contributed by atoms with Gasteiger partial charge in [-0.25, -0.2) is 4.98 Å². The Morgan fingerprint density at radius 2 is 2.37 bits per heavy atom. The van der Waals surface area contributed by atoms with E-state index in [9.17, 15) is 4.79 Å². The number of allylic oxidation sites excluding steroid dienone is 1. The summed E-state index contributed by atoms with van der Waals surface area (Å²) in [6, 6.07) is 5.18. The van der Waals surface area contributed by atoms with E-state index in [1.54, 1.807) is 24.3 Å². The number of hydrogen-bond donors (Lipinski definition) is 2. The molecule has 2 aromatic heterocycles. The summed E-state index contributed by atoms with van der Waals surface area (Å²) >= 11 is 6.58. The van der Waals surface area contributed by atoms with Crippen LogP contribution in [-0.2, 0) is 6.54 Å². The second-order valence-electron chi connectivity index (χ2n) is 5.68. The summed E-state index contributed by atoms with van der Waals surface area (Å²) in [5.41, 5.74) is 1.14. The normalized spacial score (nSPS) is 12.2. The van der Waals surface area contributed by atoms with Crippen molar-refractivity contribution in [3.8, 4) is 22.2 Å². The summed E-state index contributed by atoms with van der Waals surface area (Å²) in [6.07, 6.45) is 1.74. The van der Waals surface area contributed by atoms with Crippen LogP contribution in [0.25, 0.3) is 10.7 Å². The summed E-state index contributed by atoms with van der Waals surface area (Å²) in [5, 5.41) is 10.3. The fraction of sp³-hybridized carbons (Fsp3) is 0.176. The number of aromatic nitrogens is 4. The molecule has 1 aliphatic rings. The predicted molar refractivity (Wildman–Crippen MR) is 104 cm³/mol. The zero-order valence-electron chi connectivity index (χ0n) is 14.3. The average Bonchev–Trinajstić information content (AvgIpc) is 3.35. The molecule has 0 aliphatic carbocycles. The van der Waals surface area contributed by atoms with Gasteiger partial charge in [0.2, 0.25) is 6.79 Å². The first-order chi connectivity index (χ1) is 13.1. The average molecular weight is 401 g/mol. The highest BCUT2D eigenvalue weighted by atomic mass is 32.1. The van der Waals surface area contributed by atoms with Gasteiger partial charge in [-0.15, -0.1) is 6.58 Å². The molecule has 4 rings (SSSR count). The molecule has 0 atom stereocenters. The van der Waals surface area contributed by atoms with Crippen molar-refractivity contribution in [3.05, 3.63) is 46.9 Å². The molecular weight excluding hydrogens is 386 g/mol. The van der Waals surface area contributed by atoms with E-state index >= 15 is 0 Å². The van der Waals surface area contributed by atoms with Crippen LogP contribution in [0.5, 0.6) is 11.5 Å². The number of carbonyl (C=O) groups excluding carboxylic acids is 1. The third kappa shape index (κ3) is 3.13. The quantitative estimate of drug-likeness (QED) is 0.502. The van der Waals surface area contributed by atoms with Gasteiger partial charge in [0.05, 0.1) is 16.1 Å². The van der Waals surface area contributed by atoms with Gasteiger partial charge in [0.25, 0.3) is 5.91 Å². The van der Waals surface area contributed by atoms with E-state index in [1.807, 2.05) is 11.5 Å². The first-order valence-electron chi connectivity index (χ1n) is 8.02. The Morgan fingerprint density at radius 3 is 3.19 bits per heavy atom. The van der Waals surface area contributed by atoms with Gasteiger partial charge in [-0.2, -0.15) is 5.10 Å². The number of aromatic amines is 1. The number of nitrogens with zero attached hydrogens (tertiary/aromatic N) is 3. The van der Waals surface area contributed by atoms with Crippen molar-refractivity contribution in [3.63, 3.8) is 0 Å². The molecule has 2 N–H and O–H groups in total. The number of carbonyl (C=O) groups is 1. The zero-order valence-corrected chi connectivity index (χ0v) is 15.9. The van der Waals surface area contributed by atoms with Crippen LogP contribution in [0.2, 0.25) is 0 Å². The van der Waals surface area contributed by atoms with Crippen molar-refractivity contribution in [1.29, 1.82) is 0 Å². The molecule has 10 heteroatoms. The maximum Gasteiger partial charge on any atom is 0.261 e. The third-order valence-electron chi connectivity index (χ3n) is 3.93. The summed E-state index contributed by atoms with van der Waals surface area (Å²) < 4.78 is 13.0. The second-order valence-corrected chi connectivity index (χ2v) is 7.06. The number of fused-ring (bicyclic) bond motifs is 1. The highest BCUT2D eigenvalue weighted by molar-refractivity contribution is 7.71. The monoisotopic (exact) mass is 401 g/mol. The number of H-pyrrole nitrogens is 1. The van der Waals surface area contributed by atoms with Crippen LogP contribution in [0, 0.1) is 11.7 Å². The summed E-state index contributed by atoms with van der Waals surface area (Å²) in [5.74, 6) is 1.34. The summed E-state index contributed by atoms with van der Waals surface area (Å²) in [7, 11) is 0. The summed E-state index contributed by atoms with van der Waals surface area (Å²) in [4.78, 5) is 17.9. The maximum atomic E-state index is 12.7. The number of anilines is 1. The van der Waals surface area contributed by atoms with Crippen LogP contribution in [-0.4, -0.2) is 32.4 Å². The molecule has 3 aromatic rings. The van der Waals surface area contributed by atoms with E-state index in [4.69, 9.17) is 21.7 Å². The van der Waals surface area contributed by atoms with Gasteiger partial charge in [0, 0.05) is 6.54 Å². The number of benzene rings is 1. The van der Waals surface area contributed by atoms with Gasteiger partial charge in [-0.3, -0.25) is 19.8 Å². The molecule has 138 valence electrons. The third-order valence-corrected chi connectivity index (χ3v) is 5.31. The van der Waals surface area contributed by atoms with E-state index in [0.29, 0.717) is 39.3 Å². The zero-order chi connectivity index (χ0) is 19.0. The fourth-order valence-electron chi connectivity index (χ4n) is 2.72. The molecule has 0 radical (unpaired) electrons. The number of nitrogens with one attached hydrogen (secondary N) is 2. The minimum Gasteiger partial charge on any atom is -0.454 e. The molecule has 1 aromatic carbocycles. The van der Waals surface area contributed by atoms with Crippen molar-refractivity contribution in [2.24, 2.45) is 0 Å². The summed E-state index contributed by atoms with van der Waals surface area (Å²) in [6.45, 7) is 6.22. The highest BCUT2D eigenvalue weighted by Crippen LogP contribution is 2.36. The number of amides is 1. The van der Waals surface area contributed by atoms with Crippen molar-refractivity contribution in [2.45, 2.75) is 13.5 Å². The Labute approximate surface area is 163 Å². The standard InChI is InChI=1S/C17H15N5O3S2/c1-3-7-22-14(20-21-17(22)26)13-9(2)18-16(27-13)19-15(23)10-5-4-6-11-12(10)25-8-24-11/h3-6H,1,7-8H2,2H3,(H,21,26)(H,18,19,23). The number of hydrogen-bond acceptors (Lipinski definition) is 7. The first kappa shape index (κ1) is 17.4. The van der Waals surface area contributed by atoms with Crippen molar-refractivity contribution < 1.29 is 14.3 Å². The minimum atomic E-state index is -0.317. The van der Waals surface area contributed by atoms with Crippen LogP contribution in [0.1, 0.15) is 16.1 Å². The van der Waals surface area contributed by atoms with E-state index in [1.165, 1.54) is 11.3 Å². The van der Waals surface area contributed by atoms with Gasteiger partial charge < -0.3 is 9.47 Å². The molecule has 27 heavy (non-hydrogen) atoms. The number of ether oxygens (including phenoxy) is 2. The smallest absolute Gasteiger partial charge is 0.261 e. The Kier molecular flexibility index (Phi) is 4.50. The van der Waals surface area contributed by atoms with E-state index in [2.05, 4.69) is 27.1 Å². The Bertz CT molecular complexity index is 1100. The highest BCUT2D eigenvalue weighted by Gasteiger charge is 2.23. The lowest BCUT2D eigenvalue weighted by Gasteiger charge is -2.05. The molecule has 0 fully saturated rings. The molecule has 0 saturated heterocycles. The topological polar surface area (TPSA) is 94.1 Å². The van der Waals surface area contributed by atoms with Gasteiger partial charge in [-0.05, 0) is 31.3 Å². The van der Waals surface area contributed by atoms with Gasteiger partial charge >= 0.3 is 0 Å². The van der Waals surface area contributed by atoms with Crippen LogP contribution in [0.15, 0.2) is 30.9 Å². The van der Waals surface area contributed by atoms with Crippen LogP contribution < -0.4 is 14.8 Å². The Balaban J connectivity index is 1.63. The van der Waals surface area contributed by atoms with E-state index < -0.39 is 0 Å². The van der Waals surface area contributed by atoms with Crippen LogP contribution in [0.4, 0.5) is 5.13 Å². The lowest BCUT2D eigenvalue weighted by atomic mass is 10.2. The van der Waals surface area contributed by atoms with Crippen LogP contribution >= 0.6 is 23.6 Å². The predicted octanol–water partition coefficient (Wildman–Crippen LogP) is 3.54. The molecular formula is C17H15N5O3S2. The van der Waals surface area contributed by atoms with Crippen LogP contribution in [0.3, 0.4) is 0 Å². The van der Waals surface area contributed by atoms with E-state index in [-0.39, 0.29) is 12.7 Å². The van der Waals surface area contributed by atoms with Crippen molar-refractivity contribution >= 4 is 34.6 Å². The molecule has 3 heterocycles. The number of para-hydroxylation sites is 1. The largest absolute Gasteiger partial charge is 0.454 e. The van der Waals surface area contributed by atoms with Gasteiger partial charge in [0.15, 0.2) is 27.2 Å². The lowest BCUT2D eigenvalue weighted by molar-refractivity contribution is 0.102. The Hall–Kier alpha value is -2.98. The SMILES string of the molecule is C=CCn1c(-c2sc(NC(=O)c3cccc4c3OCO4)nc2C)n[nH]c1=S. The van der Waals surface area contributed by atoms with Crippen molar-refractivity contribution in [1.82, 2.24) is 19.7 Å². The van der Waals surface area contributed by atoms with Gasteiger partial charge in [0.1, 0.15) is 0 Å². The molecule has 0 bridgehead atoms. The second kappa shape index (κ2) is 6.97. The molecule has 8 nitrogen and oxygen atoms in total. The molecule has 1 aliphatic heterocycles. The molecule has 0 spiro atoms. The van der Waals surface area contributed by atoms with E-state index in [0.717, 1.165) is 10.6 Å². The van der Waals surface area contributed by atoms with Crippen molar-refractivity contribution in [2.75, 3.05) is 12.1 Å². The molecule has 0 unspecified atom stereocenters. The van der Waals surface area contributed by atoms with Gasteiger partial charge in [-0.1, -0.05) is 23.5 Å².